The van der Waals surface area contributed by atoms with Crippen LogP contribution in [0.2, 0.25) is 0 Å². The van der Waals surface area contributed by atoms with E-state index in [2.05, 4.69) is 4.99 Å². The highest BCUT2D eigenvalue weighted by molar-refractivity contribution is 7.16. The molecule has 0 saturated carbocycles. The van der Waals surface area contributed by atoms with Crippen LogP contribution in [-0.4, -0.2) is 43.9 Å². The zero-order chi connectivity index (χ0) is 20.8. The van der Waals surface area contributed by atoms with E-state index in [1.807, 2.05) is 17.6 Å². The summed E-state index contributed by atoms with van der Waals surface area (Å²) in [5.74, 6) is -0.185. The molecule has 1 aromatic heterocycles. The number of nitrogens with zero attached hydrogens (tertiary/aromatic N) is 2. The summed E-state index contributed by atoms with van der Waals surface area (Å²) in [6.45, 7) is 3.55. The zero-order valence-electron chi connectivity index (χ0n) is 16.5. The topological polar surface area (TPSA) is 79.1 Å². The molecule has 1 amide bonds. The summed E-state index contributed by atoms with van der Waals surface area (Å²) in [6, 6.07) is 12.1. The van der Waals surface area contributed by atoms with E-state index in [9.17, 15) is 9.59 Å². The van der Waals surface area contributed by atoms with E-state index in [1.54, 1.807) is 43.5 Å². The number of ether oxygens (including phenoxy) is 3. The molecule has 0 unspecified atom stereocenters. The molecule has 7 nitrogen and oxygen atoms in total. The molecule has 152 valence electrons. The van der Waals surface area contributed by atoms with E-state index in [4.69, 9.17) is 14.2 Å². The summed E-state index contributed by atoms with van der Waals surface area (Å²) >= 11 is 1.34. The van der Waals surface area contributed by atoms with Crippen LogP contribution in [0.25, 0.3) is 10.2 Å². The summed E-state index contributed by atoms with van der Waals surface area (Å²) in [6.07, 6.45) is 0. The van der Waals surface area contributed by atoms with Crippen molar-refractivity contribution < 1.29 is 23.8 Å². The van der Waals surface area contributed by atoms with Crippen LogP contribution in [-0.2, 0) is 16.0 Å². The second-order valence-corrected chi connectivity index (χ2v) is 7.07. The Hall–Kier alpha value is -2.97. The number of hydrogen-bond donors (Lipinski definition) is 0. The maximum Gasteiger partial charge on any atom is 0.337 e. The molecule has 0 bridgehead atoms. The van der Waals surface area contributed by atoms with Crippen molar-refractivity contribution in [2.24, 2.45) is 4.99 Å². The molecular formula is C21H22N2O5S. The fraction of sp³-hybridized carbons (Fsp3) is 0.286. The van der Waals surface area contributed by atoms with Gasteiger partial charge >= 0.3 is 5.97 Å². The van der Waals surface area contributed by atoms with Crippen LogP contribution in [0.5, 0.6) is 5.75 Å². The van der Waals surface area contributed by atoms with Gasteiger partial charge in [-0.25, -0.2) is 4.79 Å². The lowest BCUT2D eigenvalue weighted by molar-refractivity contribution is 0.0600. The van der Waals surface area contributed by atoms with Crippen LogP contribution >= 0.6 is 11.3 Å². The van der Waals surface area contributed by atoms with Gasteiger partial charge in [-0.3, -0.25) is 4.79 Å². The number of esters is 1. The van der Waals surface area contributed by atoms with Crippen molar-refractivity contribution in [2.45, 2.75) is 13.5 Å². The molecule has 0 aliphatic rings. The number of fused-ring (bicyclic) bond motifs is 1. The number of aromatic nitrogens is 1. The summed E-state index contributed by atoms with van der Waals surface area (Å²) in [7, 11) is 2.89. The number of thiazole rings is 1. The Bertz CT molecular complexity index is 1100. The molecule has 0 fully saturated rings. The van der Waals surface area contributed by atoms with Gasteiger partial charge in [0, 0.05) is 18.7 Å². The van der Waals surface area contributed by atoms with Gasteiger partial charge in [0.25, 0.3) is 5.91 Å². The fourth-order valence-electron chi connectivity index (χ4n) is 2.83. The van der Waals surface area contributed by atoms with Crippen molar-refractivity contribution in [3.63, 3.8) is 0 Å². The van der Waals surface area contributed by atoms with E-state index >= 15 is 0 Å². The van der Waals surface area contributed by atoms with E-state index in [-0.39, 0.29) is 5.91 Å². The molecule has 0 radical (unpaired) electrons. The predicted molar refractivity (Wildman–Crippen MR) is 111 cm³/mol. The number of rotatable bonds is 7. The number of amides is 1. The molecule has 1 heterocycles. The summed E-state index contributed by atoms with van der Waals surface area (Å²) in [4.78, 5) is 29.4. The van der Waals surface area contributed by atoms with Crippen molar-refractivity contribution in [3.05, 3.63) is 58.4 Å². The maximum atomic E-state index is 12.7. The van der Waals surface area contributed by atoms with Crippen LogP contribution in [0.15, 0.2) is 47.5 Å². The molecule has 29 heavy (non-hydrogen) atoms. The van der Waals surface area contributed by atoms with Gasteiger partial charge in [0.2, 0.25) is 0 Å². The van der Waals surface area contributed by atoms with Crippen molar-refractivity contribution in [1.29, 1.82) is 0 Å². The molecule has 0 aliphatic heterocycles. The highest BCUT2D eigenvalue weighted by Gasteiger charge is 2.13. The molecule has 8 heteroatoms. The third-order valence-corrected chi connectivity index (χ3v) is 5.32. The average molecular weight is 414 g/mol. The van der Waals surface area contributed by atoms with Gasteiger partial charge in [-0.15, -0.1) is 0 Å². The first-order valence-electron chi connectivity index (χ1n) is 9.10. The third-order valence-electron chi connectivity index (χ3n) is 4.28. The number of hydrogen-bond acceptors (Lipinski definition) is 6. The van der Waals surface area contributed by atoms with Gasteiger partial charge in [0.15, 0.2) is 4.80 Å². The Balaban J connectivity index is 2.07. The molecule has 0 atom stereocenters. The molecule has 0 spiro atoms. The van der Waals surface area contributed by atoms with Crippen molar-refractivity contribution in [1.82, 2.24) is 4.57 Å². The maximum absolute atomic E-state index is 12.7. The minimum absolute atomic E-state index is 0.367. The molecule has 3 rings (SSSR count). The highest BCUT2D eigenvalue weighted by Crippen LogP contribution is 2.20. The summed E-state index contributed by atoms with van der Waals surface area (Å²) in [5, 5.41) is 0. The number of methoxy groups -OCH3 is 2. The van der Waals surface area contributed by atoms with Gasteiger partial charge in [0.05, 0.1) is 36.6 Å². The average Bonchev–Trinajstić information content (AvgIpc) is 3.09. The quantitative estimate of drug-likeness (QED) is 0.438. The van der Waals surface area contributed by atoms with Crippen LogP contribution in [0.3, 0.4) is 0 Å². The van der Waals surface area contributed by atoms with Crippen LogP contribution in [0, 0.1) is 0 Å². The Kier molecular flexibility index (Phi) is 6.79. The Labute approximate surface area is 172 Å². The first kappa shape index (κ1) is 20.8. The van der Waals surface area contributed by atoms with Crippen molar-refractivity contribution in [2.75, 3.05) is 27.4 Å². The second-order valence-electron chi connectivity index (χ2n) is 6.06. The molecule has 0 aliphatic carbocycles. The largest absolute Gasteiger partial charge is 0.497 e. The lowest BCUT2D eigenvalue weighted by atomic mass is 10.2. The molecule has 0 saturated heterocycles. The molecular weight excluding hydrogens is 392 g/mol. The van der Waals surface area contributed by atoms with Crippen LogP contribution in [0.1, 0.15) is 27.6 Å². The zero-order valence-corrected chi connectivity index (χ0v) is 17.3. The number of benzene rings is 2. The van der Waals surface area contributed by atoms with E-state index in [0.29, 0.717) is 41.4 Å². The van der Waals surface area contributed by atoms with Gasteiger partial charge in [-0.05, 0) is 43.3 Å². The van der Waals surface area contributed by atoms with Gasteiger partial charge in [0.1, 0.15) is 5.75 Å². The Morgan fingerprint density at radius 3 is 2.66 bits per heavy atom. The highest BCUT2D eigenvalue weighted by atomic mass is 32.1. The van der Waals surface area contributed by atoms with Gasteiger partial charge in [-0.2, -0.15) is 4.99 Å². The van der Waals surface area contributed by atoms with Gasteiger partial charge in [-0.1, -0.05) is 17.4 Å². The van der Waals surface area contributed by atoms with Crippen LogP contribution < -0.4 is 9.54 Å². The first-order valence-corrected chi connectivity index (χ1v) is 9.91. The van der Waals surface area contributed by atoms with Crippen molar-refractivity contribution in [3.8, 4) is 5.75 Å². The number of carbonyl (C=O) groups excluding carboxylic acids is 2. The number of carbonyl (C=O) groups is 2. The summed E-state index contributed by atoms with van der Waals surface area (Å²) in [5.41, 5.74) is 1.76. The fourth-order valence-corrected chi connectivity index (χ4v) is 3.92. The normalized spacial score (nSPS) is 11.6. The monoisotopic (exact) mass is 414 g/mol. The molecule has 2 aromatic carbocycles. The third kappa shape index (κ3) is 4.72. The van der Waals surface area contributed by atoms with Crippen LogP contribution in [0.4, 0.5) is 0 Å². The first-order chi connectivity index (χ1) is 14.1. The van der Waals surface area contributed by atoms with E-state index in [0.717, 1.165) is 10.2 Å². The SMILES string of the molecule is CCOCCn1c(=NC(=O)c2cccc(OC)c2)sc2cc(C(=O)OC)ccc21. The lowest BCUT2D eigenvalue weighted by Crippen LogP contribution is -2.19. The smallest absolute Gasteiger partial charge is 0.337 e. The van der Waals surface area contributed by atoms with Gasteiger partial charge < -0.3 is 18.8 Å². The van der Waals surface area contributed by atoms with Crippen molar-refractivity contribution >= 4 is 33.4 Å². The standard InChI is InChI=1S/C21H22N2O5S/c1-4-28-11-10-23-17-9-8-15(20(25)27-3)13-18(17)29-21(23)22-19(24)14-6-5-7-16(12-14)26-2/h5-9,12-13H,4,10-11H2,1-3H3. The molecule has 0 N–H and O–H groups in total. The summed E-state index contributed by atoms with van der Waals surface area (Å²) < 4.78 is 18.2. The Morgan fingerprint density at radius 1 is 1.10 bits per heavy atom. The van der Waals surface area contributed by atoms with E-state index in [1.165, 1.54) is 18.4 Å². The minimum Gasteiger partial charge on any atom is -0.497 e. The predicted octanol–water partition coefficient (Wildman–Crippen LogP) is 3.28. The minimum atomic E-state index is -0.410. The van der Waals surface area contributed by atoms with E-state index < -0.39 is 5.97 Å². The lowest BCUT2D eigenvalue weighted by Gasteiger charge is -2.06. The molecule has 3 aromatic rings. The second kappa shape index (κ2) is 9.49. The Morgan fingerprint density at radius 2 is 1.93 bits per heavy atom.